The first-order valence-electron chi connectivity index (χ1n) is 6.54. The summed E-state index contributed by atoms with van der Waals surface area (Å²) >= 11 is 1.75. The molecule has 0 aromatic rings. The predicted octanol–water partition coefficient (Wildman–Crippen LogP) is 1.99. The molecule has 0 spiro atoms. The molecule has 4 nitrogen and oxygen atoms in total. The lowest BCUT2D eigenvalue weighted by molar-refractivity contribution is -0.153. The van der Waals surface area contributed by atoms with Gasteiger partial charge in [0.25, 0.3) is 0 Å². The lowest BCUT2D eigenvalue weighted by Crippen LogP contribution is -2.50. The highest BCUT2D eigenvalue weighted by Crippen LogP contribution is 2.40. The minimum Gasteiger partial charge on any atom is -0.481 e. The van der Waals surface area contributed by atoms with Gasteiger partial charge in [-0.15, -0.1) is 11.8 Å². The van der Waals surface area contributed by atoms with E-state index in [1.807, 2.05) is 11.8 Å². The summed E-state index contributed by atoms with van der Waals surface area (Å²) in [5.74, 6) is 0.525. The third-order valence-corrected chi connectivity index (χ3v) is 5.85. The molecule has 0 aromatic heterocycles. The van der Waals surface area contributed by atoms with Crippen LogP contribution < -0.4 is 0 Å². The number of hydrogen-bond donors (Lipinski definition) is 1. The summed E-state index contributed by atoms with van der Waals surface area (Å²) in [6, 6.07) is 0. The minimum atomic E-state index is -0.740. The highest BCUT2D eigenvalue weighted by atomic mass is 32.2. The average Bonchev–Trinajstić information content (AvgIpc) is 2.77. The van der Waals surface area contributed by atoms with Gasteiger partial charge in [0.05, 0.1) is 10.2 Å². The number of likely N-dealkylation sites (tertiary alicyclic amines) is 1. The van der Waals surface area contributed by atoms with Crippen LogP contribution in [0.3, 0.4) is 0 Å². The van der Waals surface area contributed by atoms with E-state index in [1.54, 1.807) is 18.7 Å². The number of nitrogens with zero attached hydrogens (tertiary/aromatic N) is 1. The number of carbonyl (C=O) groups excluding carboxylic acids is 1. The first kappa shape index (κ1) is 13.7. The van der Waals surface area contributed by atoms with Gasteiger partial charge in [-0.1, -0.05) is 0 Å². The van der Waals surface area contributed by atoms with Crippen molar-refractivity contribution in [1.29, 1.82) is 0 Å². The summed E-state index contributed by atoms with van der Waals surface area (Å²) in [5, 5.41) is 9.18. The van der Waals surface area contributed by atoms with E-state index in [9.17, 15) is 14.7 Å². The highest BCUT2D eigenvalue weighted by Gasteiger charge is 2.44. The number of hydrogen-bond acceptors (Lipinski definition) is 3. The quantitative estimate of drug-likeness (QED) is 0.834. The lowest BCUT2D eigenvalue weighted by Gasteiger charge is -2.39. The molecule has 1 N–H and O–H groups in total. The molecular formula is C13H21NO3S. The molecule has 5 heteroatoms. The van der Waals surface area contributed by atoms with Crippen LogP contribution in [0, 0.1) is 5.41 Å². The summed E-state index contributed by atoms with van der Waals surface area (Å²) in [6.07, 6.45) is 3.18. The van der Waals surface area contributed by atoms with Crippen molar-refractivity contribution in [3.63, 3.8) is 0 Å². The Labute approximate surface area is 112 Å². The number of carboxylic acids is 1. The van der Waals surface area contributed by atoms with Gasteiger partial charge in [0.15, 0.2) is 0 Å². The standard InChI is InChI=1S/C13H21NO3S/c1-12(11(16)17)5-7-14(8-6-12)10(15)13(2)4-3-9-18-13/h3-9H2,1-2H3,(H,16,17). The molecule has 0 saturated carbocycles. The zero-order chi connectivity index (χ0) is 13.4. The molecule has 102 valence electrons. The number of piperidine rings is 1. The monoisotopic (exact) mass is 271 g/mol. The summed E-state index contributed by atoms with van der Waals surface area (Å²) in [7, 11) is 0. The van der Waals surface area contributed by atoms with Crippen LogP contribution in [0.2, 0.25) is 0 Å². The fraction of sp³-hybridized carbons (Fsp3) is 0.846. The molecule has 2 aliphatic rings. The first-order valence-corrected chi connectivity index (χ1v) is 7.53. The van der Waals surface area contributed by atoms with Gasteiger partial charge in [-0.2, -0.15) is 0 Å². The Hall–Kier alpha value is -0.710. The van der Waals surface area contributed by atoms with E-state index in [0.717, 1.165) is 18.6 Å². The fourth-order valence-electron chi connectivity index (χ4n) is 2.70. The van der Waals surface area contributed by atoms with Gasteiger partial charge in [0.2, 0.25) is 5.91 Å². The summed E-state index contributed by atoms with van der Waals surface area (Å²) in [4.78, 5) is 25.5. The number of carboxylic acid groups (broad SMARTS) is 1. The van der Waals surface area contributed by atoms with Crippen molar-refractivity contribution in [2.75, 3.05) is 18.8 Å². The maximum absolute atomic E-state index is 12.5. The number of amides is 1. The van der Waals surface area contributed by atoms with E-state index < -0.39 is 11.4 Å². The lowest BCUT2D eigenvalue weighted by atomic mass is 9.80. The summed E-state index contributed by atoms with van der Waals surface area (Å²) < 4.78 is -0.267. The Bertz CT molecular complexity index is 355. The van der Waals surface area contributed by atoms with Crippen molar-refractivity contribution in [2.24, 2.45) is 5.41 Å². The largest absolute Gasteiger partial charge is 0.481 e. The van der Waals surface area contributed by atoms with Crippen molar-refractivity contribution < 1.29 is 14.7 Å². The second-order valence-electron chi connectivity index (χ2n) is 5.84. The second kappa shape index (κ2) is 4.76. The highest BCUT2D eigenvalue weighted by molar-refractivity contribution is 8.01. The summed E-state index contributed by atoms with van der Waals surface area (Å²) in [5.41, 5.74) is -0.652. The Morgan fingerprint density at radius 1 is 1.17 bits per heavy atom. The van der Waals surface area contributed by atoms with Crippen molar-refractivity contribution in [3.05, 3.63) is 0 Å². The van der Waals surface area contributed by atoms with E-state index in [2.05, 4.69) is 0 Å². The van der Waals surface area contributed by atoms with E-state index in [4.69, 9.17) is 0 Å². The van der Waals surface area contributed by atoms with Crippen LogP contribution in [0.15, 0.2) is 0 Å². The van der Waals surface area contributed by atoms with E-state index in [0.29, 0.717) is 25.9 Å². The van der Waals surface area contributed by atoms with Gasteiger partial charge < -0.3 is 10.0 Å². The molecule has 0 bridgehead atoms. The molecule has 2 saturated heterocycles. The van der Waals surface area contributed by atoms with Gasteiger partial charge in [-0.3, -0.25) is 9.59 Å². The smallest absolute Gasteiger partial charge is 0.309 e. The third kappa shape index (κ3) is 2.37. The zero-order valence-electron chi connectivity index (χ0n) is 11.1. The van der Waals surface area contributed by atoms with E-state index in [-0.39, 0.29) is 10.7 Å². The topological polar surface area (TPSA) is 57.6 Å². The second-order valence-corrected chi connectivity index (χ2v) is 7.44. The minimum absolute atomic E-state index is 0.206. The number of aliphatic carboxylic acids is 1. The molecule has 0 aromatic carbocycles. The van der Waals surface area contributed by atoms with Crippen LogP contribution in [-0.2, 0) is 9.59 Å². The van der Waals surface area contributed by atoms with E-state index in [1.165, 1.54) is 0 Å². The Kier molecular flexibility index (Phi) is 3.63. The molecule has 2 aliphatic heterocycles. The van der Waals surface area contributed by atoms with Crippen molar-refractivity contribution in [1.82, 2.24) is 4.90 Å². The van der Waals surface area contributed by atoms with Gasteiger partial charge >= 0.3 is 5.97 Å². The molecule has 1 unspecified atom stereocenters. The molecule has 2 rings (SSSR count). The van der Waals surface area contributed by atoms with Crippen molar-refractivity contribution in [3.8, 4) is 0 Å². The normalized spacial score (nSPS) is 31.3. The first-order chi connectivity index (χ1) is 8.37. The maximum atomic E-state index is 12.5. The predicted molar refractivity (Wildman–Crippen MR) is 71.7 cm³/mol. The molecule has 0 radical (unpaired) electrons. The molecule has 1 atom stereocenters. The van der Waals surface area contributed by atoms with Crippen LogP contribution in [0.5, 0.6) is 0 Å². The molecule has 2 heterocycles. The number of rotatable bonds is 2. The van der Waals surface area contributed by atoms with Crippen LogP contribution in [0.4, 0.5) is 0 Å². The fourth-order valence-corrected chi connectivity index (χ4v) is 3.98. The van der Waals surface area contributed by atoms with Crippen LogP contribution in [0.1, 0.15) is 39.5 Å². The van der Waals surface area contributed by atoms with Gasteiger partial charge in [-0.05, 0) is 45.3 Å². The molecular weight excluding hydrogens is 250 g/mol. The average molecular weight is 271 g/mol. The van der Waals surface area contributed by atoms with Gasteiger partial charge in [-0.25, -0.2) is 0 Å². The molecule has 1 amide bonds. The van der Waals surface area contributed by atoms with Crippen molar-refractivity contribution in [2.45, 2.75) is 44.3 Å². The molecule has 2 fully saturated rings. The van der Waals surface area contributed by atoms with Gasteiger partial charge in [0, 0.05) is 13.1 Å². The molecule has 0 aliphatic carbocycles. The van der Waals surface area contributed by atoms with Gasteiger partial charge in [0.1, 0.15) is 0 Å². The third-order valence-electron chi connectivity index (χ3n) is 4.34. The van der Waals surface area contributed by atoms with Crippen LogP contribution >= 0.6 is 11.8 Å². The summed E-state index contributed by atoms with van der Waals surface area (Å²) in [6.45, 7) is 4.97. The Morgan fingerprint density at radius 2 is 1.78 bits per heavy atom. The maximum Gasteiger partial charge on any atom is 0.309 e. The molecule has 18 heavy (non-hydrogen) atoms. The Balaban J connectivity index is 1.98. The van der Waals surface area contributed by atoms with Crippen molar-refractivity contribution >= 4 is 23.6 Å². The zero-order valence-corrected chi connectivity index (χ0v) is 11.9. The number of thioether (sulfide) groups is 1. The van der Waals surface area contributed by atoms with E-state index >= 15 is 0 Å². The van der Waals surface area contributed by atoms with Crippen LogP contribution in [-0.4, -0.2) is 45.5 Å². The Morgan fingerprint density at radius 3 is 2.22 bits per heavy atom. The SMILES string of the molecule is CC1(C(=O)O)CCN(C(=O)C2(C)CCCS2)CC1. The number of carbonyl (C=O) groups is 2. The van der Waals surface area contributed by atoms with Crippen LogP contribution in [0.25, 0.3) is 0 Å².